The molecule has 0 bridgehead atoms. The van der Waals surface area contributed by atoms with Crippen LogP contribution in [-0.2, 0) is 0 Å². The smallest absolute Gasteiger partial charge is 0.165 e. The van der Waals surface area contributed by atoms with Crippen molar-refractivity contribution >= 4 is 17.8 Å². The maximum atomic E-state index is 12.2. The Bertz CT molecular complexity index is 490. The number of aryl methyl sites for hydroxylation is 1. The van der Waals surface area contributed by atoms with E-state index in [1.807, 2.05) is 43.4 Å². The number of carbonyl (C=O) groups excluding carboxylic acids is 1. The highest BCUT2D eigenvalue weighted by atomic mass is 16.1. The minimum atomic E-state index is 0.264. The molecule has 2 rings (SSSR count). The number of ketones is 1. The van der Waals surface area contributed by atoms with Gasteiger partial charge in [0.1, 0.15) is 0 Å². The van der Waals surface area contributed by atoms with Gasteiger partial charge in [-0.25, -0.2) is 4.99 Å². The number of carbonyl (C=O) groups is 1. The number of aliphatic imine (C=N–C) groups is 1. The number of hydrogen-bond donors (Lipinski definition) is 0. The molecule has 1 aromatic rings. The van der Waals surface area contributed by atoms with Gasteiger partial charge in [-0.2, -0.15) is 0 Å². The fraction of sp³-hybridized carbons (Fsp3) is 0.500. The minimum absolute atomic E-state index is 0.264. The molecular formula is C16H22N2O. The molecule has 0 atom stereocenters. The molecule has 0 aromatic heterocycles. The summed E-state index contributed by atoms with van der Waals surface area (Å²) in [6, 6.07) is 5.83. The van der Waals surface area contributed by atoms with Crippen molar-refractivity contribution in [3.8, 4) is 0 Å². The van der Waals surface area contributed by atoms with Gasteiger partial charge in [0.25, 0.3) is 0 Å². The van der Waals surface area contributed by atoms with Crippen molar-refractivity contribution in [2.75, 3.05) is 13.6 Å². The number of nitrogens with zero attached hydrogens (tertiary/aromatic N) is 2. The SMILES string of the molecule is CCN(C)C=Nc1ccc(C(=O)C2CCC2)cc1C. The van der Waals surface area contributed by atoms with E-state index in [-0.39, 0.29) is 5.92 Å². The zero-order valence-electron chi connectivity index (χ0n) is 12.0. The first-order chi connectivity index (χ1) is 9.11. The molecule has 1 aliphatic carbocycles. The summed E-state index contributed by atoms with van der Waals surface area (Å²) in [5.74, 6) is 0.565. The van der Waals surface area contributed by atoms with Crippen molar-refractivity contribution in [1.82, 2.24) is 4.90 Å². The van der Waals surface area contributed by atoms with Crippen molar-refractivity contribution in [3.63, 3.8) is 0 Å². The van der Waals surface area contributed by atoms with Gasteiger partial charge < -0.3 is 4.90 Å². The van der Waals surface area contributed by atoms with E-state index in [1.54, 1.807) is 0 Å². The van der Waals surface area contributed by atoms with E-state index in [0.717, 1.165) is 36.2 Å². The lowest BCUT2D eigenvalue weighted by atomic mass is 9.80. The van der Waals surface area contributed by atoms with E-state index in [0.29, 0.717) is 5.78 Å². The number of benzene rings is 1. The Morgan fingerprint density at radius 2 is 2.21 bits per heavy atom. The third kappa shape index (κ3) is 3.22. The third-order valence-electron chi connectivity index (χ3n) is 3.85. The average Bonchev–Trinajstić information content (AvgIpc) is 2.34. The second-order valence-electron chi connectivity index (χ2n) is 5.31. The van der Waals surface area contributed by atoms with Crippen LogP contribution in [0.2, 0.25) is 0 Å². The van der Waals surface area contributed by atoms with E-state index in [1.165, 1.54) is 6.42 Å². The second-order valence-corrected chi connectivity index (χ2v) is 5.31. The van der Waals surface area contributed by atoms with Crippen LogP contribution in [0.3, 0.4) is 0 Å². The molecule has 0 spiro atoms. The molecule has 1 aromatic carbocycles. The molecule has 0 heterocycles. The molecular weight excluding hydrogens is 236 g/mol. The van der Waals surface area contributed by atoms with E-state index in [4.69, 9.17) is 0 Å². The zero-order chi connectivity index (χ0) is 13.8. The van der Waals surface area contributed by atoms with Crippen molar-refractivity contribution in [1.29, 1.82) is 0 Å². The van der Waals surface area contributed by atoms with Crippen LogP contribution in [0.5, 0.6) is 0 Å². The molecule has 3 heteroatoms. The minimum Gasteiger partial charge on any atom is -0.366 e. The van der Waals surface area contributed by atoms with Crippen molar-refractivity contribution < 1.29 is 4.79 Å². The van der Waals surface area contributed by atoms with Crippen molar-refractivity contribution in [2.45, 2.75) is 33.1 Å². The van der Waals surface area contributed by atoms with Gasteiger partial charge in [0, 0.05) is 25.1 Å². The van der Waals surface area contributed by atoms with E-state index in [2.05, 4.69) is 11.9 Å². The quantitative estimate of drug-likeness (QED) is 0.459. The van der Waals surface area contributed by atoms with E-state index in [9.17, 15) is 4.79 Å². The molecule has 1 saturated carbocycles. The fourth-order valence-corrected chi connectivity index (χ4v) is 2.10. The maximum absolute atomic E-state index is 12.2. The predicted octanol–water partition coefficient (Wildman–Crippen LogP) is 3.59. The molecule has 3 nitrogen and oxygen atoms in total. The lowest BCUT2D eigenvalue weighted by molar-refractivity contribution is 0.0855. The van der Waals surface area contributed by atoms with Gasteiger partial charge in [0.05, 0.1) is 12.0 Å². The van der Waals surface area contributed by atoms with Gasteiger partial charge in [-0.3, -0.25) is 4.79 Å². The summed E-state index contributed by atoms with van der Waals surface area (Å²) in [5.41, 5.74) is 2.83. The molecule has 102 valence electrons. The van der Waals surface area contributed by atoms with E-state index >= 15 is 0 Å². The lowest BCUT2D eigenvalue weighted by Gasteiger charge is -2.23. The number of rotatable bonds is 5. The number of hydrogen-bond acceptors (Lipinski definition) is 2. The highest BCUT2D eigenvalue weighted by molar-refractivity contribution is 5.98. The lowest BCUT2D eigenvalue weighted by Crippen LogP contribution is -2.21. The summed E-state index contributed by atoms with van der Waals surface area (Å²) >= 11 is 0. The Labute approximate surface area is 115 Å². The van der Waals surface area contributed by atoms with E-state index < -0.39 is 0 Å². The van der Waals surface area contributed by atoms with Crippen LogP contribution in [0.25, 0.3) is 0 Å². The Morgan fingerprint density at radius 1 is 1.47 bits per heavy atom. The standard InChI is InChI=1S/C16H22N2O/c1-4-18(3)11-17-15-9-8-14(10-12(15)2)16(19)13-6-5-7-13/h8-11,13H,4-7H2,1-3H3. The summed E-state index contributed by atoms with van der Waals surface area (Å²) in [5, 5.41) is 0. The van der Waals surface area contributed by atoms with Crippen LogP contribution in [-0.4, -0.2) is 30.6 Å². The van der Waals surface area contributed by atoms with Gasteiger partial charge in [-0.1, -0.05) is 6.42 Å². The molecule has 0 amide bonds. The van der Waals surface area contributed by atoms with Crippen molar-refractivity contribution in [3.05, 3.63) is 29.3 Å². The van der Waals surface area contributed by atoms with Crippen LogP contribution in [0.15, 0.2) is 23.2 Å². The first-order valence-electron chi connectivity index (χ1n) is 7.01. The average molecular weight is 258 g/mol. The first-order valence-corrected chi connectivity index (χ1v) is 7.01. The third-order valence-corrected chi connectivity index (χ3v) is 3.85. The molecule has 0 saturated heterocycles. The Kier molecular flexibility index (Phi) is 4.35. The molecule has 0 N–H and O–H groups in total. The molecule has 0 radical (unpaired) electrons. The van der Waals surface area contributed by atoms with Gasteiger partial charge in [-0.05, 0) is 50.5 Å². The monoisotopic (exact) mass is 258 g/mol. The summed E-state index contributed by atoms with van der Waals surface area (Å²) in [4.78, 5) is 18.6. The molecule has 19 heavy (non-hydrogen) atoms. The van der Waals surface area contributed by atoms with Gasteiger partial charge in [0.15, 0.2) is 5.78 Å². The first kappa shape index (κ1) is 13.8. The molecule has 0 aliphatic heterocycles. The molecule has 1 fully saturated rings. The normalized spacial score (nSPS) is 15.5. The highest BCUT2D eigenvalue weighted by Crippen LogP contribution is 2.31. The Balaban J connectivity index is 2.12. The maximum Gasteiger partial charge on any atom is 0.165 e. The van der Waals surface area contributed by atoms with Crippen LogP contribution in [0.1, 0.15) is 42.1 Å². The van der Waals surface area contributed by atoms with Gasteiger partial charge in [-0.15, -0.1) is 0 Å². The Morgan fingerprint density at radius 3 is 2.74 bits per heavy atom. The topological polar surface area (TPSA) is 32.7 Å². The molecule has 0 unspecified atom stereocenters. The van der Waals surface area contributed by atoms with Crippen molar-refractivity contribution in [2.24, 2.45) is 10.9 Å². The van der Waals surface area contributed by atoms with Gasteiger partial charge in [0.2, 0.25) is 0 Å². The summed E-state index contributed by atoms with van der Waals surface area (Å²) in [6.45, 7) is 5.02. The number of Topliss-reactive ketones (excluding diaryl/α,β-unsaturated/α-hetero) is 1. The highest BCUT2D eigenvalue weighted by Gasteiger charge is 2.26. The predicted molar refractivity (Wildman–Crippen MR) is 79.3 cm³/mol. The Hall–Kier alpha value is -1.64. The second kappa shape index (κ2) is 6.00. The summed E-state index contributed by atoms with van der Waals surface area (Å²) in [7, 11) is 1.99. The zero-order valence-corrected chi connectivity index (χ0v) is 12.0. The van der Waals surface area contributed by atoms with Crippen LogP contribution >= 0.6 is 0 Å². The van der Waals surface area contributed by atoms with Crippen LogP contribution in [0, 0.1) is 12.8 Å². The summed E-state index contributed by atoms with van der Waals surface area (Å²) < 4.78 is 0. The van der Waals surface area contributed by atoms with Crippen LogP contribution < -0.4 is 0 Å². The summed E-state index contributed by atoms with van der Waals surface area (Å²) in [6.07, 6.45) is 5.13. The van der Waals surface area contributed by atoms with Crippen LogP contribution in [0.4, 0.5) is 5.69 Å². The van der Waals surface area contributed by atoms with Gasteiger partial charge >= 0.3 is 0 Å². The molecule has 1 aliphatic rings. The fourth-order valence-electron chi connectivity index (χ4n) is 2.10. The largest absolute Gasteiger partial charge is 0.366 e.